The average molecular weight is 587 g/mol. The normalized spacial score (nSPS) is 21.5. The third kappa shape index (κ3) is 6.78. The molecule has 1 unspecified atom stereocenters. The number of para-hydroxylation sites is 1. The first-order chi connectivity index (χ1) is 20.9. The molecule has 2 aromatic carbocycles. The Morgan fingerprint density at radius 1 is 1.00 bits per heavy atom. The molecular formula is C32H38N6O5. The molecule has 11 nitrogen and oxygen atoms in total. The van der Waals surface area contributed by atoms with Gasteiger partial charge in [-0.05, 0) is 43.9 Å². The number of anilines is 2. The lowest BCUT2D eigenvalue weighted by molar-refractivity contribution is -0.878. The second-order valence-corrected chi connectivity index (χ2v) is 12.1. The molecular weight excluding hydrogens is 548 g/mol. The van der Waals surface area contributed by atoms with E-state index in [0.29, 0.717) is 11.3 Å². The lowest BCUT2D eigenvalue weighted by Crippen LogP contribution is -2.51. The Morgan fingerprint density at radius 3 is 2.49 bits per heavy atom. The SMILES string of the molecule is O=C(C[N+]1([O-])CN(CC(=O)C2CCCCC2)c2ccccc2C(C2CCCCC2)=N1)Nc1cccc(-c2noc(=O)[nH]2)c1. The van der Waals surface area contributed by atoms with E-state index in [-0.39, 0.29) is 36.7 Å². The van der Waals surface area contributed by atoms with Crippen LogP contribution in [-0.4, -0.2) is 52.1 Å². The van der Waals surface area contributed by atoms with Gasteiger partial charge in [-0.2, -0.15) is 0 Å². The molecule has 1 aromatic heterocycles. The van der Waals surface area contributed by atoms with Crippen molar-refractivity contribution < 1.29 is 18.9 Å². The number of carbonyl (C=O) groups excluding carboxylic acids is 2. The van der Waals surface area contributed by atoms with Crippen LogP contribution in [0.4, 0.5) is 11.4 Å². The Kier molecular flexibility index (Phi) is 8.53. The summed E-state index contributed by atoms with van der Waals surface area (Å²) in [6, 6.07) is 14.6. The third-order valence-corrected chi connectivity index (χ3v) is 8.85. The van der Waals surface area contributed by atoms with E-state index in [1.807, 2.05) is 29.2 Å². The molecule has 226 valence electrons. The van der Waals surface area contributed by atoms with Gasteiger partial charge in [-0.1, -0.05) is 79.1 Å². The summed E-state index contributed by atoms with van der Waals surface area (Å²) in [5, 5.41) is 25.9. The number of quaternary nitrogens is 1. The molecule has 2 fully saturated rings. The van der Waals surface area contributed by atoms with Crippen LogP contribution in [-0.2, 0) is 9.59 Å². The Labute approximate surface area is 250 Å². The molecule has 43 heavy (non-hydrogen) atoms. The molecule has 2 N–H and O–H groups in total. The highest BCUT2D eigenvalue weighted by Crippen LogP contribution is 2.36. The van der Waals surface area contributed by atoms with Crippen molar-refractivity contribution in [3.8, 4) is 11.4 Å². The first-order valence-electron chi connectivity index (χ1n) is 15.4. The summed E-state index contributed by atoms with van der Waals surface area (Å²) in [5.74, 6) is -0.668. The summed E-state index contributed by atoms with van der Waals surface area (Å²) < 4.78 is 3.45. The molecule has 2 saturated carbocycles. The predicted octanol–water partition coefficient (Wildman–Crippen LogP) is 5.19. The van der Waals surface area contributed by atoms with Gasteiger partial charge in [-0.3, -0.25) is 19.1 Å². The first kappa shape index (κ1) is 29.0. The van der Waals surface area contributed by atoms with Crippen LogP contribution in [0.3, 0.4) is 0 Å². The maximum atomic E-state index is 14.6. The van der Waals surface area contributed by atoms with Crippen LogP contribution in [0, 0.1) is 17.0 Å². The predicted molar refractivity (Wildman–Crippen MR) is 163 cm³/mol. The van der Waals surface area contributed by atoms with Crippen LogP contribution in [0.1, 0.15) is 69.8 Å². The highest BCUT2D eigenvalue weighted by Gasteiger charge is 2.36. The second kappa shape index (κ2) is 12.6. The topological polar surface area (TPSA) is 144 Å². The molecule has 6 rings (SSSR count). The third-order valence-electron chi connectivity index (χ3n) is 8.85. The monoisotopic (exact) mass is 586 g/mol. The van der Waals surface area contributed by atoms with Crippen molar-refractivity contribution in [1.82, 2.24) is 10.1 Å². The fourth-order valence-electron chi connectivity index (χ4n) is 6.75. The number of rotatable bonds is 8. The summed E-state index contributed by atoms with van der Waals surface area (Å²) in [6.45, 7) is -0.473. The van der Waals surface area contributed by atoms with E-state index >= 15 is 0 Å². The van der Waals surface area contributed by atoms with E-state index in [4.69, 9.17) is 5.10 Å². The van der Waals surface area contributed by atoms with Crippen LogP contribution in [0.5, 0.6) is 0 Å². The standard InChI is InChI=1S/C32H38N6O5/c39-28(22-10-3-1-4-11-22)19-37-21-38(42,35-30(23-12-5-2-6-13-23)26-16-7-8-17-27(26)37)20-29(40)33-25-15-9-14-24(18-25)31-34-32(41)43-36-31/h7-9,14-18,22-23H,1-6,10-13,19-21H2,(H,33,40)(H,34,36,41). The minimum atomic E-state index is -1.14. The number of nitrogens with zero attached hydrogens (tertiary/aromatic N) is 4. The fraction of sp³-hybridized carbons (Fsp3) is 0.469. The molecule has 3 aliphatic rings. The number of ketones is 1. The van der Waals surface area contributed by atoms with Crippen molar-refractivity contribution in [2.24, 2.45) is 16.9 Å². The molecule has 2 heterocycles. The number of carbonyl (C=O) groups is 2. The zero-order valence-corrected chi connectivity index (χ0v) is 24.3. The zero-order chi connectivity index (χ0) is 29.8. The van der Waals surface area contributed by atoms with Crippen molar-refractivity contribution in [3.63, 3.8) is 0 Å². The molecule has 1 aliphatic heterocycles. The molecule has 0 spiro atoms. The summed E-state index contributed by atoms with van der Waals surface area (Å²) in [4.78, 5) is 42.6. The molecule has 1 atom stereocenters. The van der Waals surface area contributed by atoms with Crippen LogP contribution in [0.25, 0.3) is 11.4 Å². The lowest BCUT2D eigenvalue weighted by atomic mass is 9.82. The summed E-state index contributed by atoms with van der Waals surface area (Å²) in [5.41, 5.74) is 3.45. The van der Waals surface area contributed by atoms with E-state index in [1.54, 1.807) is 24.3 Å². The van der Waals surface area contributed by atoms with Gasteiger partial charge in [-0.25, -0.2) is 9.55 Å². The van der Waals surface area contributed by atoms with Gasteiger partial charge < -0.3 is 15.4 Å². The largest absolute Gasteiger partial charge is 0.603 e. The molecule has 11 heteroatoms. The number of hydrogen-bond donors (Lipinski definition) is 2. The Hall–Kier alpha value is -4.09. The van der Waals surface area contributed by atoms with Crippen molar-refractivity contribution in [2.45, 2.75) is 64.2 Å². The van der Waals surface area contributed by atoms with Crippen LogP contribution in [0.2, 0.25) is 0 Å². The van der Waals surface area contributed by atoms with Gasteiger partial charge in [0.05, 0.1) is 12.2 Å². The van der Waals surface area contributed by atoms with E-state index in [0.717, 1.165) is 81.2 Å². The van der Waals surface area contributed by atoms with Crippen LogP contribution in [0.15, 0.2) is 62.9 Å². The van der Waals surface area contributed by atoms with Gasteiger partial charge in [-0.15, -0.1) is 0 Å². The molecule has 3 aromatic rings. The van der Waals surface area contributed by atoms with Crippen molar-refractivity contribution in [3.05, 3.63) is 69.9 Å². The van der Waals surface area contributed by atoms with Crippen molar-refractivity contribution >= 4 is 28.8 Å². The molecule has 1 amide bonds. The van der Waals surface area contributed by atoms with Gasteiger partial charge in [0.1, 0.15) is 5.71 Å². The Morgan fingerprint density at radius 2 is 1.74 bits per heavy atom. The second-order valence-electron chi connectivity index (χ2n) is 12.1. The molecule has 0 radical (unpaired) electrons. The van der Waals surface area contributed by atoms with Crippen LogP contribution < -0.4 is 16.0 Å². The number of benzene rings is 2. The summed E-state index contributed by atoms with van der Waals surface area (Å²) >= 11 is 0. The maximum absolute atomic E-state index is 14.6. The average Bonchev–Trinajstić information content (AvgIpc) is 3.42. The van der Waals surface area contributed by atoms with Crippen molar-refractivity contribution in [2.75, 3.05) is 30.0 Å². The Balaban J connectivity index is 1.29. The number of amides is 1. The molecule has 0 saturated heterocycles. The van der Waals surface area contributed by atoms with E-state index in [1.165, 1.54) is 0 Å². The summed E-state index contributed by atoms with van der Waals surface area (Å²) in [7, 11) is 0. The molecule has 2 aliphatic carbocycles. The quantitative estimate of drug-likeness (QED) is 0.273. The zero-order valence-electron chi connectivity index (χ0n) is 24.3. The number of aromatic amines is 1. The smallest absolute Gasteiger partial charge is 0.439 e. The molecule has 0 bridgehead atoms. The van der Waals surface area contributed by atoms with E-state index in [9.17, 15) is 19.6 Å². The van der Waals surface area contributed by atoms with E-state index < -0.39 is 23.0 Å². The number of aromatic nitrogens is 2. The van der Waals surface area contributed by atoms with Crippen LogP contribution >= 0.6 is 0 Å². The number of Topliss-reactive ketones (excluding diaryl/α,β-unsaturated/α-hetero) is 1. The van der Waals surface area contributed by atoms with Crippen molar-refractivity contribution in [1.29, 1.82) is 0 Å². The van der Waals surface area contributed by atoms with Gasteiger partial charge in [0, 0.05) is 28.7 Å². The van der Waals surface area contributed by atoms with E-state index in [2.05, 4.69) is 20.0 Å². The summed E-state index contributed by atoms with van der Waals surface area (Å²) in [6.07, 6.45) is 10.2. The fourth-order valence-corrected chi connectivity index (χ4v) is 6.75. The highest BCUT2D eigenvalue weighted by molar-refractivity contribution is 6.07. The van der Waals surface area contributed by atoms with Gasteiger partial charge >= 0.3 is 5.76 Å². The number of hydrogen-bond acceptors (Lipinski definition) is 8. The van der Waals surface area contributed by atoms with Gasteiger partial charge in [0.25, 0.3) is 5.91 Å². The number of nitrogens with one attached hydrogen (secondary N) is 2. The maximum Gasteiger partial charge on any atom is 0.439 e. The first-order valence-corrected chi connectivity index (χ1v) is 15.4. The minimum absolute atomic E-state index is 0.00619. The van der Waals surface area contributed by atoms with Gasteiger partial charge in [0.2, 0.25) is 0 Å². The minimum Gasteiger partial charge on any atom is -0.603 e. The van der Waals surface area contributed by atoms with Gasteiger partial charge in [0.15, 0.2) is 24.8 Å². The lowest BCUT2D eigenvalue weighted by Gasteiger charge is -2.39. The number of H-pyrrole nitrogens is 1. The Bertz CT molecular complexity index is 1550. The highest BCUT2D eigenvalue weighted by atomic mass is 16.6. The number of fused-ring (bicyclic) bond motifs is 1. The number of hydroxylamine groups is 2.